The number of para-hydroxylation sites is 1. The Labute approximate surface area is 210 Å². The molecule has 7 nitrogen and oxygen atoms in total. The van der Waals surface area contributed by atoms with E-state index in [0.717, 1.165) is 58.7 Å². The van der Waals surface area contributed by atoms with E-state index in [4.69, 9.17) is 14.2 Å². The molecule has 184 valence electrons. The summed E-state index contributed by atoms with van der Waals surface area (Å²) in [7, 11) is 3.28. The molecule has 4 rings (SSSR count). The zero-order chi connectivity index (χ0) is 24.6. The zero-order valence-electron chi connectivity index (χ0n) is 20.4. The van der Waals surface area contributed by atoms with Crippen LogP contribution in [0, 0.1) is 6.92 Å². The Hall–Kier alpha value is -3.36. The number of methoxy groups -OCH3 is 2. The summed E-state index contributed by atoms with van der Waals surface area (Å²) < 4.78 is 16.7. The second-order valence-corrected chi connectivity index (χ2v) is 9.37. The van der Waals surface area contributed by atoms with Gasteiger partial charge in [-0.15, -0.1) is 11.3 Å². The summed E-state index contributed by atoms with van der Waals surface area (Å²) >= 11 is 1.61. The van der Waals surface area contributed by atoms with Crippen LogP contribution < -0.4 is 14.2 Å². The second kappa shape index (κ2) is 11.9. The van der Waals surface area contributed by atoms with Gasteiger partial charge in [-0.05, 0) is 36.8 Å². The van der Waals surface area contributed by atoms with Crippen molar-refractivity contribution in [3.63, 3.8) is 0 Å². The van der Waals surface area contributed by atoms with E-state index in [0.29, 0.717) is 19.7 Å². The summed E-state index contributed by atoms with van der Waals surface area (Å²) in [5.41, 5.74) is 2.94. The van der Waals surface area contributed by atoms with E-state index >= 15 is 0 Å². The fourth-order valence-electron chi connectivity index (χ4n) is 4.01. The molecule has 0 atom stereocenters. The van der Waals surface area contributed by atoms with Gasteiger partial charge in [-0.25, -0.2) is 4.98 Å². The third-order valence-corrected chi connectivity index (χ3v) is 6.73. The topological polar surface area (TPSA) is 64.1 Å². The first kappa shape index (κ1) is 24.8. The highest BCUT2D eigenvalue weighted by atomic mass is 32.1. The molecule has 3 aromatic rings. The van der Waals surface area contributed by atoms with Gasteiger partial charge in [0.15, 0.2) is 11.5 Å². The van der Waals surface area contributed by atoms with Crippen molar-refractivity contribution in [2.75, 3.05) is 40.4 Å². The van der Waals surface area contributed by atoms with Gasteiger partial charge in [-0.1, -0.05) is 24.3 Å². The molecule has 0 saturated carbocycles. The first-order valence-electron chi connectivity index (χ1n) is 11.6. The molecule has 2 heterocycles. The van der Waals surface area contributed by atoms with Crippen molar-refractivity contribution in [2.45, 2.75) is 20.1 Å². The van der Waals surface area contributed by atoms with Gasteiger partial charge in [0.05, 0.1) is 24.9 Å². The molecule has 0 aliphatic carbocycles. The Balaban J connectivity index is 1.29. The summed E-state index contributed by atoms with van der Waals surface area (Å²) in [6.07, 6.45) is 3.47. The third kappa shape index (κ3) is 6.61. The lowest BCUT2D eigenvalue weighted by atomic mass is 10.1. The molecule has 35 heavy (non-hydrogen) atoms. The number of hydrogen-bond donors (Lipinski definition) is 0. The molecule has 1 saturated heterocycles. The highest BCUT2D eigenvalue weighted by Crippen LogP contribution is 2.28. The summed E-state index contributed by atoms with van der Waals surface area (Å²) in [6, 6.07) is 13.7. The molecule has 8 heteroatoms. The van der Waals surface area contributed by atoms with Crippen LogP contribution in [0.5, 0.6) is 17.2 Å². The smallest absolute Gasteiger partial charge is 0.246 e. The number of aromatic nitrogens is 1. The normalized spacial score (nSPS) is 14.3. The van der Waals surface area contributed by atoms with Crippen LogP contribution in [-0.2, 0) is 17.9 Å². The number of rotatable bonds is 9. The monoisotopic (exact) mass is 493 g/mol. The number of hydrogen-bond acceptors (Lipinski definition) is 7. The van der Waals surface area contributed by atoms with Crippen LogP contribution >= 0.6 is 11.3 Å². The number of carbonyl (C=O) groups is 1. The number of amides is 1. The van der Waals surface area contributed by atoms with Crippen molar-refractivity contribution in [2.24, 2.45) is 0 Å². The van der Waals surface area contributed by atoms with E-state index in [2.05, 4.69) is 16.0 Å². The largest absolute Gasteiger partial charge is 0.493 e. The molecular formula is C27H31N3O4S. The molecule has 1 amide bonds. The van der Waals surface area contributed by atoms with E-state index in [1.165, 1.54) is 0 Å². The van der Waals surface area contributed by atoms with Crippen molar-refractivity contribution < 1.29 is 19.0 Å². The third-order valence-electron chi connectivity index (χ3n) is 5.90. The van der Waals surface area contributed by atoms with Gasteiger partial charge in [-0.2, -0.15) is 0 Å². The van der Waals surface area contributed by atoms with Crippen LogP contribution in [0.25, 0.3) is 6.08 Å². The highest BCUT2D eigenvalue weighted by molar-refractivity contribution is 7.09. The van der Waals surface area contributed by atoms with E-state index in [1.54, 1.807) is 31.6 Å². The van der Waals surface area contributed by atoms with Gasteiger partial charge in [0.25, 0.3) is 0 Å². The predicted octanol–water partition coefficient (Wildman–Crippen LogP) is 4.41. The Morgan fingerprint density at radius 3 is 2.51 bits per heavy atom. The fraction of sp³-hybridized carbons (Fsp3) is 0.333. The van der Waals surface area contributed by atoms with Gasteiger partial charge in [0, 0.05) is 49.7 Å². The molecule has 1 aliphatic rings. The summed E-state index contributed by atoms with van der Waals surface area (Å²) in [5.74, 6) is 2.21. The highest BCUT2D eigenvalue weighted by Gasteiger charge is 2.20. The number of ether oxygens (including phenoxy) is 3. The Kier molecular flexibility index (Phi) is 8.39. The quantitative estimate of drug-likeness (QED) is 0.412. The molecule has 0 N–H and O–H groups in total. The Morgan fingerprint density at radius 2 is 1.80 bits per heavy atom. The van der Waals surface area contributed by atoms with Crippen LogP contribution in [-0.4, -0.2) is 61.1 Å². The summed E-state index contributed by atoms with van der Waals surface area (Å²) in [4.78, 5) is 21.5. The van der Waals surface area contributed by atoms with Gasteiger partial charge < -0.3 is 19.1 Å². The average molecular weight is 494 g/mol. The van der Waals surface area contributed by atoms with Crippen molar-refractivity contribution >= 4 is 23.3 Å². The van der Waals surface area contributed by atoms with Gasteiger partial charge in [-0.3, -0.25) is 9.69 Å². The SMILES string of the molecule is COc1ccc(CN2CCN(C(=O)/C=C/c3ccccc3OCc3csc(C)n3)CC2)cc1OC. The standard InChI is InChI=1S/C27H31N3O4S/c1-20-28-23(19-35-20)18-34-24-7-5-4-6-22(24)9-11-27(31)30-14-12-29(13-15-30)17-21-8-10-25(32-2)26(16-21)33-3/h4-11,16,19H,12-15,17-18H2,1-3H3/b11-9+. The van der Waals surface area contributed by atoms with E-state index in [1.807, 2.05) is 59.7 Å². The fourth-order valence-corrected chi connectivity index (χ4v) is 4.60. The van der Waals surface area contributed by atoms with Crippen molar-refractivity contribution in [1.82, 2.24) is 14.8 Å². The van der Waals surface area contributed by atoms with Crippen molar-refractivity contribution in [1.29, 1.82) is 0 Å². The maximum absolute atomic E-state index is 12.8. The minimum absolute atomic E-state index is 0.0145. The molecule has 0 unspecified atom stereocenters. The lowest BCUT2D eigenvalue weighted by Gasteiger charge is -2.34. The molecule has 0 spiro atoms. The average Bonchev–Trinajstić information content (AvgIpc) is 3.31. The van der Waals surface area contributed by atoms with Crippen LogP contribution in [0.4, 0.5) is 0 Å². The predicted molar refractivity (Wildman–Crippen MR) is 138 cm³/mol. The second-order valence-electron chi connectivity index (χ2n) is 8.31. The molecule has 0 radical (unpaired) electrons. The van der Waals surface area contributed by atoms with Crippen LogP contribution in [0.15, 0.2) is 53.9 Å². The lowest BCUT2D eigenvalue weighted by molar-refractivity contribution is -0.127. The summed E-state index contributed by atoms with van der Waals surface area (Å²) in [6.45, 7) is 6.22. The lowest BCUT2D eigenvalue weighted by Crippen LogP contribution is -2.47. The molecule has 1 aliphatic heterocycles. The van der Waals surface area contributed by atoms with Crippen LogP contribution in [0.3, 0.4) is 0 Å². The minimum Gasteiger partial charge on any atom is -0.493 e. The Bertz CT molecular complexity index is 1170. The number of aryl methyl sites for hydroxylation is 1. The molecule has 1 fully saturated rings. The maximum Gasteiger partial charge on any atom is 0.246 e. The van der Waals surface area contributed by atoms with Crippen molar-refractivity contribution in [3.05, 3.63) is 75.7 Å². The number of nitrogens with zero attached hydrogens (tertiary/aromatic N) is 3. The molecule has 1 aromatic heterocycles. The summed E-state index contributed by atoms with van der Waals surface area (Å²) in [5, 5.41) is 3.02. The zero-order valence-corrected chi connectivity index (χ0v) is 21.2. The maximum atomic E-state index is 12.8. The van der Waals surface area contributed by atoms with Gasteiger partial charge in [0.1, 0.15) is 12.4 Å². The number of piperazine rings is 1. The van der Waals surface area contributed by atoms with Crippen LogP contribution in [0.2, 0.25) is 0 Å². The molecular weight excluding hydrogens is 462 g/mol. The minimum atomic E-state index is 0.0145. The number of carbonyl (C=O) groups excluding carboxylic acids is 1. The number of thiazole rings is 1. The first-order valence-corrected chi connectivity index (χ1v) is 12.5. The number of benzene rings is 2. The van der Waals surface area contributed by atoms with E-state index in [9.17, 15) is 4.79 Å². The van der Waals surface area contributed by atoms with Crippen molar-refractivity contribution in [3.8, 4) is 17.2 Å². The van der Waals surface area contributed by atoms with E-state index < -0.39 is 0 Å². The Morgan fingerprint density at radius 1 is 1.03 bits per heavy atom. The van der Waals surface area contributed by atoms with Gasteiger partial charge in [0.2, 0.25) is 5.91 Å². The first-order chi connectivity index (χ1) is 17.1. The van der Waals surface area contributed by atoms with Gasteiger partial charge >= 0.3 is 0 Å². The molecule has 2 aromatic carbocycles. The van der Waals surface area contributed by atoms with Crippen LogP contribution in [0.1, 0.15) is 21.8 Å². The molecule has 0 bridgehead atoms. The van der Waals surface area contributed by atoms with E-state index in [-0.39, 0.29) is 5.91 Å².